The van der Waals surface area contributed by atoms with Crippen molar-refractivity contribution in [1.82, 2.24) is 5.32 Å². The lowest BCUT2D eigenvalue weighted by molar-refractivity contribution is -0.142. The van der Waals surface area contributed by atoms with Crippen LogP contribution in [0.15, 0.2) is 0 Å². The van der Waals surface area contributed by atoms with E-state index in [0.717, 1.165) is 0 Å². The monoisotopic (exact) mass is 249 g/mol. The van der Waals surface area contributed by atoms with Crippen LogP contribution in [0.5, 0.6) is 0 Å². The average Bonchev–Trinajstić information content (AvgIpc) is 2.23. The van der Waals surface area contributed by atoms with Crippen LogP contribution in [-0.4, -0.2) is 48.8 Å². The third-order valence-corrected chi connectivity index (χ3v) is 2.92. The maximum atomic E-state index is 11.6. The van der Waals surface area contributed by atoms with Gasteiger partial charge in [0.25, 0.3) is 0 Å². The first kappa shape index (κ1) is 15.2. The summed E-state index contributed by atoms with van der Waals surface area (Å²) in [5.74, 6) is -0.748. The molecular formula is C10H19NO4S. The van der Waals surface area contributed by atoms with Crippen LogP contribution < -0.4 is 5.32 Å². The van der Waals surface area contributed by atoms with E-state index in [4.69, 9.17) is 9.84 Å². The Labute approximate surface area is 99.9 Å². The number of aliphatic carboxylic acids is 1. The van der Waals surface area contributed by atoms with Crippen molar-refractivity contribution in [2.24, 2.45) is 5.92 Å². The zero-order chi connectivity index (χ0) is 12.6. The van der Waals surface area contributed by atoms with Gasteiger partial charge in [0.15, 0.2) is 0 Å². The number of ether oxygens (including phenoxy) is 1. The van der Waals surface area contributed by atoms with Crippen molar-refractivity contribution >= 4 is 23.6 Å². The lowest BCUT2D eigenvalue weighted by atomic mass is 10.1. The Balaban J connectivity index is 4.17. The SMILES string of the molecule is COCCC(NC(=O)C(C)CSC)C(=O)O. The van der Waals surface area contributed by atoms with Gasteiger partial charge < -0.3 is 15.2 Å². The maximum Gasteiger partial charge on any atom is 0.326 e. The highest BCUT2D eigenvalue weighted by Gasteiger charge is 2.22. The molecule has 0 fully saturated rings. The second-order valence-corrected chi connectivity index (χ2v) is 4.45. The molecule has 0 rings (SSSR count). The molecule has 0 saturated heterocycles. The molecule has 0 aromatic heterocycles. The van der Waals surface area contributed by atoms with Crippen molar-refractivity contribution in [3.63, 3.8) is 0 Å². The van der Waals surface area contributed by atoms with Gasteiger partial charge in [0, 0.05) is 31.8 Å². The first-order valence-electron chi connectivity index (χ1n) is 5.04. The van der Waals surface area contributed by atoms with Crippen molar-refractivity contribution in [1.29, 1.82) is 0 Å². The highest BCUT2D eigenvalue weighted by atomic mass is 32.2. The fourth-order valence-electron chi connectivity index (χ4n) is 1.13. The molecule has 0 spiro atoms. The number of rotatable bonds is 8. The highest BCUT2D eigenvalue weighted by Crippen LogP contribution is 2.05. The second kappa shape index (κ2) is 8.41. The summed E-state index contributed by atoms with van der Waals surface area (Å²) >= 11 is 1.56. The van der Waals surface area contributed by atoms with Crippen molar-refractivity contribution < 1.29 is 19.4 Å². The number of hydrogen-bond acceptors (Lipinski definition) is 4. The Morgan fingerprint density at radius 3 is 2.56 bits per heavy atom. The van der Waals surface area contributed by atoms with Crippen LogP contribution in [0.25, 0.3) is 0 Å². The number of amides is 1. The van der Waals surface area contributed by atoms with Crippen molar-refractivity contribution in [3.8, 4) is 0 Å². The molecule has 0 heterocycles. The molecule has 1 amide bonds. The Bertz CT molecular complexity index is 235. The lowest BCUT2D eigenvalue weighted by Crippen LogP contribution is -2.44. The molecule has 16 heavy (non-hydrogen) atoms. The van der Waals surface area contributed by atoms with Crippen molar-refractivity contribution in [2.75, 3.05) is 25.7 Å². The summed E-state index contributed by atoms with van der Waals surface area (Å²) in [6.07, 6.45) is 2.19. The highest BCUT2D eigenvalue weighted by molar-refractivity contribution is 7.98. The minimum atomic E-state index is -1.03. The summed E-state index contributed by atoms with van der Waals surface area (Å²) in [5.41, 5.74) is 0. The fourth-order valence-corrected chi connectivity index (χ4v) is 1.78. The largest absolute Gasteiger partial charge is 0.480 e. The molecule has 0 radical (unpaired) electrons. The molecule has 0 aliphatic carbocycles. The normalized spacial score (nSPS) is 14.2. The molecule has 0 aromatic rings. The number of carbonyl (C=O) groups excluding carboxylic acids is 1. The minimum absolute atomic E-state index is 0.181. The summed E-state index contributed by atoms with van der Waals surface area (Å²) in [7, 11) is 1.50. The average molecular weight is 249 g/mol. The molecule has 0 bridgehead atoms. The molecular weight excluding hydrogens is 230 g/mol. The molecule has 0 aliphatic rings. The Kier molecular flexibility index (Phi) is 8.01. The molecule has 2 unspecified atom stereocenters. The number of methoxy groups -OCH3 is 1. The van der Waals surface area contributed by atoms with Gasteiger partial charge in [0.2, 0.25) is 5.91 Å². The quantitative estimate of drug-likeness (QED) is 0.658. The van der Waals surface area contributed by atoms with Crippen LogP contribution in [0.2, 0.25) is 0 Å². The fraction of sp³-hybridized carbons (Fsp3) is 0.800. The van der Waals surface area contributed by atoms with E-state index in [1.54, 1.807) is 18.7 Å². The third kappa shape index (κ3) is 5.97. The predicted octanol–water partition coefficient (Wildman–Crippen LogP) is 0.591. The molecule has 2 atom stereocenters. The third-order valence-electron chi connectivity index (χ3n) is 2.09. The molecule has 2 N–H and O–H groups in total. The van der Waals surface area contributed by atoms with Crippen LogP contribution in [0.3, 0.4) is 0 Å². The first-order valence-corrected chi connectivity index (χ1v) is 6.43. The van der Waals surface area contributed by atoms with E-state index in [1.165, 1.54) is 7.11 Å². The summed E-state index contributed by atoms with van der Waals surface area (Å²) in [5, 5.41) is 11.4. The molecule has 94 valence electrons. The van der Waals surface area contributed by atoms with Crippen LogP contribution in [-0.2, 0) is 14.3 Å². The minimum Gasteiger partial charge on any atom is -0.480 e. The Morgan fingerprint density at radius 1 is 1.50 bits per heavy atom. The Morgan fingerprint density at radius 2 is 2.12 bits per heavy atom. The first-order chi connectivity index (χ1) is 7.52. The zero-order valence-corrected chi connectivity index (χ0v) is 10.7. The van der Waals surface area contributed by atoms with Gasteiger partial charge in [0.05, 0.1) is 0 Å². The van der Waals surface area contributed by atoms with E-state index < -0.39 is 12.0 Å². The van der Waals surface area contributed by atoms with Crippen LogP contribution in [0, 0.1) is 5.92 Å². The van der Waals surface area contributed by atoms with Crippen LogP contribution in [0.4, 0.5) is 0 Å². The number of hydrogen-bond donors (Lipinski definition) is 2. The van der Waals surface area contributed by atoms with E-state index in [-0.39, 0.29) is 18.2 Å². The number of carboxylic acid groups (broad SMARTS) is 1. The van der Waals surface area contributed by atoms with Gasteiger partial charge in [-0.15, -0.1) is 0 Å². The standard InChI is InChI=1S/C10H19NO4S/c1-7(6-16-3)9(12)11-8(10(13)14)4-5-15-2/h7-8H,4-6H2,1-3H3,(H,11,12)(H,13,14). The lowest BCUT2D eigenvalue weighted by Gasteiger charge is -2.16. The smallest absolute Gasteiger partial charge is 0.326 e. The summed E-state index contributed by atoms with van der Waals surface area (Å²) in [6, 6.07) is -0.864. The second-order valence-electron chi connectivity index (χ2n) is 3.54. The number of thioether (sulfide) groups is 1. The maximum absolute atomic E-state index is 11.6. The van der Waals surface area contributed by atoms with Gasteiger partial charge >= 0.3 is 5.97 Å². The molecule has 0 aromatic carbocycles. The number of carboxylic acids is 1. The van der Waals surface area contributed by atoms with Crippen LogP contribution in [0.1, 0.15) is 13.3 Å². The van der Waals surface area contributed by atoms with Gasteiger partial charge in [-0.05, 0) is 6.26 Å². The van der Waals surface area contributed by atoms with E-state index in [1.807, 2.05) is 6.26 Å². The van der Waals surface area contributed by atoms with E-state index in [9.17, 15) is 9.59 Å². The molecule has 6 heteroatoms. The predicted molar refractivity (Wildman–Crippen MR) is 63.6 cm³/mol. The van der Waals surface area contributed by atoms with Gasteiger partial charge in [-0.1, -0.05) is 6.92 Å². The topological polar surface area (TPSA) is 75.6 Å². The van der Waals surface area contributed by atoms with E-state index >= 15 is 0 Å². The van der Waals surface area contributed by atoms with E-state index in [0.29, 0.717) is 12.4 Å². The van der Waals surface area contributed by atoms with Crippen molar-refractivity contribution in [2.45, 2.75) is 19.4 Å². The van der Waals surface area contributed by atoms with Gasteiger partial charge in [0.1, 0.15) is 6.04 Å². The summed E-state index contributed by atoms with van der Waals surface area (Å²) in [4.78, 5) is 22.4. The zero-order valence-electron chi connectivity index (χ0n) is 9.86. The van der Waals surface area contributed by atoms with E-state index in [2.05, 4.69) is 5.32 Å². The number of nitrogens with one attached hydrogen (secondary N) is 1. The van der Waals surface area contributed by atoms with Crippen LogP contribution >= 0.6 is 11.8 Å². The van der Waals surface area contributed by atoms with Gasteiger partial charge in [-0.2, -0.15) is 11.8 Å². The number of carbonyl (C=O) groups is 2. The summed E-state index contributed by atoms with van der Waals surface area (Å²) < 4.78 is 4.79. The molecule has 5 nitrogen and oxygen atoms in total. The Hall–Kier alpha value is -0.750. The molecule has 0 saturated carbocycles. The summed E-state index contributed by atoms with van der Waals surface area (Å²) in [6.45, 7) is 2.09. The molecule has 0 aliphatic heterocycles. The van der Waals surface area contributed by atoms with Gasteiger partial charge in [-0.3, -0.25) is 4.79 Å². The van der Waals surface area contributed by atoms with Gasteiger partial charge in [-0.25, -0.2) is 4.79 Å². The van der Waals surface area contributed by atoms with Crippen molar-refractivity contribution in [3.05, 3.63) is 0 Å².